The Bertz CT molecular complexity index is 843. The first-order chi connectivity index (χ1) is 12.9. The van der Waals surface area contributed by atoms with Crippen molar-refractivity contribution in [2.75, 3.05) is 30.5 Å². The molecule has 2 saturated heterocycles. The summed E-state index contributed by atoms with van der Waals surface area (Å²) in [5.41, 5.74) is 0.423. The van der Waals surface area contributed by atoms with E-state index in [-0.39, 0.29) is 5.41 Å². The summed E-state index contributed by atoms with van der Waals surface area (Å²) >= 11 is 0. The lowest BCUT2D eigenvalue weighted by Gasteiger charge is -2.23. The SMILES string of the molecule is CC(C)(C)CCN1CCC(Cc2cc(O)c(N3CC(=O)NS3(=O)=O)c(F)c2)C1. The fraction of sp³-hybridized carbons (Fsp3) is 0.632. The highest BCUT2D eigenvalue weighted by atomic mass is 32.2. The van der Waals surface area contributed by atoms with E-state index in [4.69, 9.17) is 0 Å². The third-order valence-electron chi connectivity index (χ3n) is 5.25. The number of nitrogens with zero attached hydrogens (tertiary/aromatic N) is 2. The van der Waals surface area contributed by atoms with E-state index in [9.17, 15) is 22.7 Å². The van der Waals surface area contributed by atoms with Gasteiger partial charge in [0.25, 0.3) is 5.91 Å². The van der Waals surface area contributed by atoms with E-state index in [1.165, 1.54) is 12.1 Å². The second-order valence-corrected chi connectivity index (χ2v) is 10.5. The van der Waals surface area contributed by atoms with Gasteiger partial charge in [-0.1, -0.05) is 20.8 Å². The Morgan fingerprint density at radius 1 is 1.32 bits per heavy atom. The number of benzene rings is 1. The third-order valence-corrected chi connectivity index (χ3v) is 6.62. The first-order valence-corrected chi connectivity index (χ1v) is 11.0. The maximum absolute atomic E-state index is 14.6. The molecule has 28 heavy (non-hydrogen) atoms. The number of likely N-dealkylation sites (tertiary alicyclic amines) is 1. The molecule has 1 aromatic rings. The molecule has 2 aliphatic rings. The highest BCUT2D eigenvalue weighted by Crippen LogP contribution is 2.35. The smallest absolute Gasteiger partial charge is 0.326 e. The number of phenols is 1. The zero-order chi connectivity index (χ0) is 20.7. The number of carbonyl (C=O) groups is 1. The van der Waals surface area contributed by atoms with Gasteiger partial charge in [0.05, 0.1) is 0 Å². The molecule has 1 unspecified atom stereocenters. The Morgan fingerprint density at radius 3 is 2.61 bits per heavy atom. The Morgan fingerprint density at radius 2 is 2.04 bits per heavy atom. The summed E-state index contributed by atoms with van der Waals surface area (Å²) in [6.45, 7) is 9.09. The predicted molar refractivity (Wildman–Crippen MR) is 105 cm³/mol. The lowest BCUT2D eigenvalue weighted by molar-refractivity contribution is -0.117. The summed E-state index contributed by atoms with van der Waals surface area (Å²) in [6.07, 6.45) is 2.73. The highest BCUT2D eigenvalue weighted by Gasteiger charge is 2.37. The minimum Gasteiger partial charge on any atom is -0.506 e. The number of hydrogen-bond acceptors (Lipinski definition) is 5. The van der Waals surface area contributed by atoms with Gasteiger partial charge in [-0.3, -0.25) is 4.79 Å². The molecular weight excluding hydrogens is 385 g/mol. The topological polar surface area (TPSA) is 89.9 Å². The normalized spacial score (nSPS) is 22.6. The Labute approximate surface area is 165 Å². The van der Waals surface area contributed by atoms with Gasteiger partial charge >= 0.3 is 10.2 Å². The first kappa shape index (κ1) is 20.9. The third kappa shape index (κ3) is 4.75. The molecule has 7 nitrogen and oxygen atoms in total. The maximum atomic E-state index is 14.6. The molecule has 1 aromatic carbocycles. The molecule has 0 bridgehead atoms. The number of halogens is 1. The zero-order valence-corrected chi connectivity index (χ0v) is 17.4. The number of amides is 1. The minimum atomic E-state index is -4.17. The number of aromatic hydroxyl groups is 1. The van der Waals surface area contributed by atoms with Gasteiger partial charge in [-0.25, -0.2) is 13.4 Å². The average molecular weight is 414 g/mol. The molecule has 1 atom stereocenters. The van der Waals surface area contributed by atoms with Gasteiger partial charge in [-0.15, -0.1) is 0 Å². The van der Waals surface area contributed by atoms with Crippen molar-refractivity contribution >= 4 is 21.8 Å². The van der Waals surface area contributed by atoms with E-state index >= 15 is 0 Å². The molecule has 9 heteroatoms. The number of carbonyl (C=O) groups excluding carboxylic acids is 1. The lowest BCUT2D eigenvalue weighted by atomic mass is 9.92. The second kappa shape index (κ2) is 7.51. The molecule has 0 aromatic heterocycles. The largest absolute Gasteiger partial charge is 0.506 e. The van der Waals surface area contributed by atoms with Crippen LogP contribution in [0.2, 0.25) is 0 Å². The van der Waals surface area contributed by atoms with E-state index < -0.39 is 39.9 Å². The molecule has 0 spiro atoms. The van der Waals surface area contributed by atoms with E-state index in [2.05, 4.69) is 25.7 Å². The van der Waals surface area contributed by atoms with Crippen LogP contribution in [-0.4, -0.2) is 50.5 Å². The predicted octanol–water partition coefficient (Wildman–Crippen LogP) is 2.01. The van der Waals surface area contributed by atoms with Crippen LogP contribution in [-0.2, 0) is 21.4 Å². The van der Waals surface area contributed by atoms with Crippen LogP contribution in [0.4, 0.5) is 10.1 Å². The summed E-state index contributed by atoms with van der Waals surface area (Å²) in [4.78, 5) is 13.8. The molecule has 2 aliphatic heterocycles. The first-order valence-electron chi connectivity index (χ1n) is 9.52. The fourth-order valence-corrected chi connectivity index (χ4v) is 4.93. The lowest BCUT2D eigenvalue weighted by Crippen LogP contribution is -2.30. The van der Waals surface area contributed by atoms with Crippen molar-refractivity contribution in [3.8, 4) is 5.75 Å². The molecule has 0 saturated carbocycles. The molecule has 0 radical (unpaired) electrons. The molecule has 2 fully saturated rings. The van der Waals surface area contributed by atoms with Gasteiger partial charge in [0.1, 0.15) is 18.0 Å². The number of nitrogens with one attached hydrogen (secondary N) is 1. The van der Waals surface area contributed by atoms with Crippen LogP contribution in [0.25, 0.3) is 0 Å². The van der Waals surface area contributed by atoms with E-state index in [0.29, 0.717) is 22.2 Å². The van der Waals surface area contributed by atoms with Crippen molar-refractivity contribution in [1.29, 1.82) is 0 Å². The van der Waals surface area contributed by atoms with Crippen LogP contribution in [0.1, 0.15) is 39.2 Å². The van der Waals surface area contributed by atoms with Crippen LogP contribution in [0, 0.1) is 17.2 Å². The van der Waals surface area contributed by atoms with E-state index in [1.807, 2.05) is 0 Å². The summed E-state index contributed by atoms with van der Waals surface area (Å²) in [5, 5.41) is 10.3. The van der Waals surface area contributed by atoms with Crippen molar-refractivity contribution in [3.63, 3.8) is 0 Å². The Balaban J connectivity index is 1.68. The monoisotopic (exact) mass is 413 g/mol. The molecule has 1 amide bonds. The van der Waals surface area contributed by atoms with Crippen molar-refractivity contribution in [2.45, 2.75) is 40.0 Å². The van der Waals surface area contributed by atoms with E-state index in [1.54, 1.807) is 4.72 Å². The van der Waals surface area contributed by atoms with Gasteiger partial charge in [-0.05, 0) is 61.4 Å². The quantitative estimate of drug-likeness (QED) is 0.771. The standard InChI is InChI=1S/C19H28FN3O4S/c1-19(2,3)5-7-22-6-4-13(11-22)8-14-9-15(20)18(16(24)10-14)23-12-17(25)21-28(23,26)27/h9-10,13,24H,4-8,11-12H2,1-3H3,(H,21,25). The van der Waals surface area contributed by atoms with Crippen LogP contribution in [0.5, 0.6) is 5.75 Å². The molecule has 2 heterocycles. The molecule has 156 valence electrons. The number of hydrogen-bond donors (Lipinski definition) is 2. The van der Waals surface area contributed by atoms with Crippen LogP contribution in [0.3, 0.4) is 0 Å². The summed E-state index contributed by atoms with van der Waals surface area (Å²) < 4.78 is 40.8. The number of rotatable bonds is 5. The molecule has 0 aliphatic carbocycles. The van der Waals surface area contributed by atoms with Gasteiger partial charge in [-0.2, -0.15) is 8.42 Å². The fourth-order valence-electron chi connectivity index (χ4n) is 3.76. The van der Waals surface area contributed by atoms with Crippen LogP contribution >= 0.6 is 0 Å². The highest BCUT2D eigenvalue weighted by molar-refractivity contribution is 7.92. The van der Waals surface area contributed by atoms with E-state index in [0.717, 1.165) is 32.5 Å². The summed E-state index contributed by atoms with van der Waals surface area (Å²) in [6, 6.07) is 2.65. The van der Waals surface area contributed by atoms with Crippen LogP contribution in [0.15, 0.2) is 12.1 Å². The molecule has 2 N–H and O–H groups in total. The zero-order valence-electron chi connectivity index (χ0n) is 16.5. The van der Waals surface area contributed by atoms with Crippen molar-refractivity contribution in [1.82, 2.24) is 9.62 Å². The number of anilines is 1. The maximum Gasteiger partial charge on any atom is 0.326 e. The second-order valence-electron chi connectivity index (χ2n) is 8.95. The van der Waals surface area contributed by atoms with Crippen molar-refractivity contribution < 1.29 is 22.7 Å². The molecular formula is C19H28FN3O4S. The summed E-state index contributed by atoms with van der Waals surface area (Å²) in [5.74, 6) is -1.72. The van der Waals surface area contributed by atoms with Gasteiger partial charge in [0.2, 0.25) is 0 Å². The van der Waals surface area contributed by atoms with Crippen molar-refractivity contribution in [3.05, 3.63) is 23.5 Å². The van der Waals surface area contributed by atoms with Crippen molar-refractivity contribution in [2.24, 2.45) is 11.3 Å². The Kier molecular flexibility index (Phi) is 5.60. The van der Waals surface area contributed by atoms with Gasteiger partial charge in [0.15, 0.2) is 5.82 Å². The van der Waals surface area contributed by atoms with Gasteiger partial charge in [0, 0.05) is 6.54 Å². The number of phenolic OH excluding ortho intramolecular Hbond substituents is 1. The average Bonchev–Trinajstić information content (AvgIpc) is 3.08. The van der Waals surface area contributed by atoms with Crippen LogP contribution < -0.4 is 9.03 Å². The molecule has 3 rings (SSSR count). The summed E-state index contributed by atoms with van der Waals surface area (Å²) in [7, 11) is -4.17. The Hall–Kier alpha value is -1.87. The minimum absolute atomic E-state index is 0.287. The van der Waals surface area contributed by atoms with Gasteiger partial charge < -0.3 is 10.0 Å².